The summed E-state index contributed by atoms with van der Waals surface area (Å²) in [6.45, 7) is 0. The van der Waals surface area contributed by atoms with Gasteiger partial charge >= 0.3 is 0 Å². The average Bonchev–Trinajstić information content (AvgIpc) is 2.53. The van der Waals surface area contributed by atoms with E-state index >= 15 is 0 Å². The standard InChI is InChI=1S/C18H16N2O2/c19-15-7-5-13(9-17(15)21)11-1-2-12(4-3-11)14-6-8-16(20)18(22)10-14/h1-10,21-22H,19-20H2. The largest absolute Gasteiger partial charge is 0.506 e. The molecule has 3 rings (SSSR count). The maximum Gasteiger partial charge on any atom is 0.139 e. The predicted octanol–water partition coefficient (Wildman–Crippen LogP) is 3.60. The number of hydrogen-bond acceptors (Lipinski definition) is 4. The average molecular weight is 292 g/mol. The van der Waals surface area contributed by atoms with Crippen molar-refractivity contribution in [2.45, 2.75) is 0 Å². The van der Waals surface area contributed by atoms with Gasteiger partial charge in [-0.15, -0.1) is 0 Å². The molecule has 3 aromatic rings. The number of phenolic OH excluding ortho intramolecular Hbond substituents is 2. The summed E-state index contributed by atoms with van der Waals surface area (Å²) in [4.78, 5) is 0. The van der Waals surface area contributed by atoms with Crippen LogP contribution in [0.15, 0.2) is 60.7 Å². The van der Waals surface area contributed by atoms with E-state index in [-0.39, 0.29) is 11.5 Å². The number of benzene rings is 3. The SMILES string of the molecule is Nc1ccc(-c2ccc(-c3ccc(N)c(O)c3)cc2)cc1O. The van der Waals surface area contributed by atoms with Crippen LogP contribution in [0.5, 0.6) is 11.5 Å². The molecule has 0 saturated carbocycles. The molecule has 4 nitrogen and oxygen atoms in total. The summed E-state index contributed by atoms with van der Waals surface area (Å²) in [6.07, 6.45) is 0. The summed E-state index contributed by atoms with van der Waals surface area (Å²) < 4.78 is 0. The molecule has 3 aromatic carbocycles. The Labute approximate surface area is 128 Å². The summed E-state index contributed by atoms with van der Waals surface area (Å²) in [7, 11) is 0. The Balaban J connectivity index is 1.95. The second kappa shape index (κ2) is 5.33. The van der Waals surface area contributed by atoms with E-state index in [0.29, 0.717) is 11.4 Å². The molecule has 0 heterocycles. The van der Waals surface area contributed by atoms with E-state index in [9.17, 15) is 10.2 Å². The molecular formula is C18H16N2O2. The van der Waals surface area contributed by atoms with Crippen LogP contribution in [0.4, 0.5) is 11.4 Å². The van der Waals surface area contributed by atoms with Gasteiger partial charge in [0.1, 0.15) is 11.5 Å². The van der Waals surface area contributed by atoms with Crippen LogP contribution in [0.2, 0.25) is 0 Å². The van der Waals surface area contributed by atoms with Crippen molar-refractivity contribution in [1.82, 2.24) is 0 Å². The first-order chi connectivity index (χ1) is 10.5. The molecule has 0 aliphatic heterocycles. The van der Waals surface area contributed by atoms with Gasteiger partial charge in [0.05, 0.1) is 11.4 Å². The fourth-order valence-electron chi connectivity index (χ4n) is 2.30. The van der Waals surface area contributed by atoms with Gasteiger partial charge in [0.2, 0.25) is 0 Å². The highest BCUT2D eigenvalue weighted by molar-refractivity contribution is 5.74. The quantitative estimate of drug-likeness (QED) is 0.429. The predicted molar refractivity (Wildman–Crippen MR) is 89.5 cm³/mol. The number of phenols is 2. The number of rotatable bonds is 2. The van der Waals surface area contributed by atoms with Gasteiger partial charge in [-0.3, -0.25) is 0 Å². The van der Waals surface area contributed by atoms with Crippen LogP contribution in [0, 0.1) is 0 Å². The topological polar surface area (TPSA) is 92.5 Å². The Morgan fingerprint density at radius 1 is 0.500 bits per heavy atom. The highest BCUT2D eigenvalue weighted by Gasteiger charge is 2.05. The lowest BCUT2D eigenvalue weighted by Gasteiger charge is -2.07. The lowest BCUT2D eigenvalue weighted by atomic mass is 9.99. The minimum absolute atomic E-state index is 0.0741. The van der Waals surface area contributed by atoms with Gasteiger partial charge in [0.25, 0.3) is 0 Å². The van der Waals surface area contributed by atoms with Crippen LogP contribution in [0.3, 0.4) is 0 Å². The van der Waals surface area contributed by atoms with Crippen molar-refractivity contribution in [2.75, 3.05) is 11.5 Å². The van der Waals surface area contributed by atoms with Gasteiger partial charge in [-0.1, -0.05) is 36.4 Å². The van der Waals surface area contributed by atoms with Gasteiger partial charge in [0, 0.05) is 0 Å². The van der Waals surface area contributed by atoms with E-state index in [1.54, 1.807) is 24.3 Å². The van der Waals surface area contributed by atoms with Gasteiger partial charge in [-0.05, 0) is 46.5 Å². The molecule has 0 fully saturated rings. The fourth-order valence-corrected chi connectivity index (χ4v) is 2.30. The summed E-state index contributed by atoms with van der Waals surface area (Å²) in [5.41, 5.74) is 15.7. The van der Waals surface area contributed by atoms with Crippen molar-refractivity contribution in [3.8, 4) is 33.8 Å². The third-order valence-electron chi connectivity index (χ3n) is 3.61. The Hall–Kier alpha value is -3.14. The van der Waals surface area contributed by atoms with Gasteiger partial charge in [-0.25, -0.2) is 0 Å². The molecule has 0 radical (unpaired) electrons. The highest BCUT2D eigenvalue weighted by atomic mass is 16.3. The molecule has 0 saturated heterocycles. The molecular weight excluding hydrogens is 276 g/mol. The number of nitrogens with two attached hydrogens (primary N) is 2. The first-order valence-electron chi connectivity index (χ1n) is 6.82. The molecule has 0 atom stereocenters. The number of aromatic hydroxyl groups is 2. The molecule has 0 bridgehead atoms. The van der Waals surface area contributed by atoms with Crippen molar-refractivity contribution in [1.29, 1.82) is 0 Å². The second-order valence-corrected chi connectivity index (χ2v) is 5.12. The monoisotopic (exact) mass is 292 g/mol. The molecule has 0 aliphatic carbocycles. The third kappa shape index (κ3) is 2.54. The zero-order valence-corrected chi connectivity index (χ0v) is 11.8. The van der Waals surface area contributed by atoms with E-state index in [4.69, 9.17) is 11.5 Å². The maximum atomic E-state index is 9.69. The summed E-state index contributed by atoms with van der Waals surface area (Å²) in [5.74, 6) is 0.148. The first kappa shape index (κ1) is 13.8. The van der Waals surface area contributed by atoms with Gasteiger partial charge in [-0.2, -0.15) is 0 Å². The lowest BCUT2D eigenvalue weighted by molar-refractivity contribution is 0.477. The first-order valence-corrected chi connectivity index (χ1v) is 6.82. The van der Waals surface area contributed by atoms with E-state index in [1.165, 1.54) is 0 Å². The van der Waals surface area contributed by atoms with Crippen LogP contribution >= 0.6 is 0 Å². The smallest absolute Gasteiger partial charge is 0.139 e. The summed E-state index contributed by atoms with van der Waals surface area (Å²) >= 11 is 0. The summed E-state index contributed by atoms with van der Waals surface area (Å²) in [5, 5.41) is 19.4. The van der Waals surface area contributed by atoms with Crippen molar-refractivity contribution in [3.05, 3.63) is 60.7 Å². The van der Waals surface area contributed by atoms with Crippen LogP contribution in [0.1, 0.15) is 0 Å². The van der Waals surface area contributed by atoms with E-state index < -0.39 is 0 Å². The molecule has 4 heteroatoms. The van der Waals surface area contributed by atoms with Crippen LogP contribution < -0.4 is 11.5 Å². The molecule has 6 N–H and O–H groups in total. The molecule has 0 unspecified atom stereocenters. The zero-order chi connectivity index (χ0) is 15.7. The molecule has 0 spiro atoms. The normalized spacial score (nSPS) is 10.5. The fraction of sp³-hybridized carbons (Fsp3) is 0. The van der Waals surface area contributed by atoms with Crippen molar-refractivity contribution < 1.29 is 10.2 Å². The molecule has 110 valence electrons. The number of hydrogen-bond donors (Lipinski definition) is 4. The van der Waals surface area contributed by atoms with Crippen molar-refractivity contribution in [2.24, 2.45) is 0 Å². The van der Waals surface area contributed by atoms with Crippen molar-refractivity contribution >= 4 is 11.4 Å². The Morgan fingerprint density at radius 2 is 0.818 bits per heavy atom. The van der Waals surface area contributed by atoms with Crippen LogP contribution in [-0.4, -0.2) is 10.2 Å². The maximum absolute atomic E-state index is 9.69. The van der Waals surface area contributed by atoms with Crippen LogP contribution in [-0.2, 0) is 0 Å². The minimum Gasteiger partial charge on any atom is -0.506 e. The minimum atomic E-state index is 0.0741. The Kier molecular flexibility index (Phi) is 3.35. The highest BCUT2D eigenvalue weighted by Crippen LogP contribution is 2.31. The third-order valence-corrected chi connectivity index (χ3v) is 3.61. The van der Waals surface area contributed by atoms with Gasteiger partial charge < -0.3 is 21.7 Å². The van der Waals surface area contributed by atoms with Gasteiger partial charge in [0.15, 0.2) is 0 Å². The zero-order valence-electron chi connectivity index (χ0n) is 11.8. The molecule has 22 heavy (non-hydrogen) atoms. The molecule has 0 aliphatic rings. The van der Waals surface area contributed by atoms with E-state index in [1.807, 2.05) is 36.4 Å². The Bertz CT molecular complexity index is 756. The molecule has 0 aromatic heterocycles. The second-order valence-electron chi connectivity index (χ2n) is 5.12. The lowest BCUT2D eigenvalue weighted by Crippen LogP contribution is -1.87. The Morgan fingerprint density at radius 3 is 1.14 bits per heavy atom. The number of nitrogen functional groups attached to an aromatic ring is 2. The van der Waals surface area contributed by atoms with E-state index in [2.05, 4.69) is 0 Å². The molecule has 0 amide bonds. The van der Waals surface area contributed by atoms with E-state index in [0.717, 1.165) is 22.3 Å². The number of anilines is 2. The summed E-state index contributed by atoms with van der Waals surface area (Å²) in [6, 6.07) is 18.2. The van der Waals surface area contributed by atoms with Crippen LogP contribution in [0.25, 0.3) is 22.3 Å². The van der Waals surface area contributed by atoms with Crippen molar-refractivity contribution in [3.63, 3.8) is 0 Å².